The smallest absolute Gasteiger partial charge is 0.410 e. The zero-order valence-electron chi connectivity index (χ0n) is 17.0. The first-order chi connectivity index (χ1) is 12.0. The zero-order chi connectivity index (χ0) is 20.0. The number of hydrogen-bond donors (Lipinski definition) is 1. The van der Waals surface area contributed by atoms with Crippen LogP contribution in [0.25, 0.3) is 0 Å². The highest BCUT2D eigenvalue weighted by Gasteiger charge is 2.40. The van der Waals surface area contributed by atoms with Crippen molar-refractivity contribution in [1.82, 2.24) is 10.2 Å². The number of nitrogens with one attached hydrogen (secondary N) is 1. The monoisotopic (exact) mass is 370 g/mol. The molecule has 0 unspecified atom stereocenters. The quantitative estimate of drug-likeness (QED) is 0.727. The van der Waals surface area contributed by atoms with Crippen LogP contribution in [0.5, 0.6) is 0 Å². The molecule has 7 nitrogen and oxygen atoms in total. The van der Waals surface area contributed by atoms with E-state index < -0.39 is 11.0 Å². The highest BCUT2D eigenvalue weighted by Crippen LogP contribution is 2.39. The van der Waals surface area contributed by atoms with E-state index in [4.69, 9.17) is 9.47 Å². The third-order valence-electron chi connectivity index (χ3n) is 4.29. The minimum Gasteiger partial charge on any atom is -0.466 e. The van der Waals surface area contributed by atoms with Crippen molar-refractivity contribution in [3.63, 3.8) is 0 Å². The molecule has 26 heavy (non-hydrogen) atoms. The van der Waals surface area contributed by atoms with Crippen LogP contribution < -0.4 is 5.32 Å². The summed E-state index contributed by atoms with van der Waals surface area (Å²) in [5.74, 6) is -0.370. The Kier molecular flexibility index (Phi) is 7.90. The maximum atomic E-state index is 12.3. The van der Waals surface area contributed by atoms with Crippen molar-refractivity contribution in [2.24, 2.45) is 5.41 Å². The van der Waals surface area contributed by atoms with Crippen molar-refractivity contribution in [2.75, 3.05) is 19.7 Å². The fourth-order valence-electron chi connectivity index (χ4n) is 3.14. The molecule has 1 N–H and O–H groups in total. The largest absolute Gasteiger partial charge is 0.466 e. The number of carbonyl (C=O) groups is 3. The lowest BCUT2D eigenvalue weighted by molar-refractivity contribution is -0.147. The van der Waals surface area contributed by atoms with Crippen molar-refractivity contribution in [3.8, 4) is 0 Å². The lowest BCUT2D eigenvalue weighted by Gasteiger charge is -2.41. The predicted octanol–water partition coefficient (Wildman–Crippen LogP) is 2.87. The normalized spacial score (nSPS) is 17.0. The molecule has 2 amide bonds. The van der Waals surface area contributed by atoms with E-state index in [-0.39, 0.29) is 36.9 Å². The average Bonchev–Trinajstić information content (AvgIpc) is 2.44. The molecule has 1 saturated heterocycles. The molecular weight excluding hydrogens is 336 g/mol. The van der Waals surface area contributed by atoms with E-state index >= 15 is 0 Å². The number of hydrogen-bond acceptors (Lipinski definition) is 5. The van der Waals surface area contributed by atoms with Crippen molar-refractivity contribution in [2.45, 2.75) is 78.9 Å². The maximum Gasteiger partial charge on any atom is 0.410 e. The molecule has 0 aromatic carbocycles. The fraction of sp³-hybridized carbons (Fsp3) is 0.842. The van der Waals surface area contributed by atoms with Gasteiger partial charge in [0.05, 0.1) is 13.0 Å². The molecular formula is C19H34N2O5. The Hall–Kier alpha value is -1.79. The van der Waals surface area contributed by atoms with Crippen LogP contribution in [0, 0.1) is 5.41 Å². The summed E-state index contributed by atoms with van der Waals surface area (Å²) in [6.07, 6.45) is 1.22. The van der Waals surface area contributed by atoms with Crippen molar-refractivity contribution >= 4 is 18.0 Å². The number of rotatable bonds is 6. The second-order valence-corrected chi connectivity index (χ2v) is 8.35. The van der Waals surface area contributed by atoms with Crippen LogP contribution in [0.1, 0.15) is 67.2 Å². The number of piperidine rings is 1. The van der Waals surface area contributed by atoms with Crippen LogP contribution >= 0.6 is 0 Å². The lowest BCUT2D eigenvalue weighted by atomic mass is 9.73. The van der Waals surface area contributed by atoms with Gasteiger partial charge in [-0.2, -0.15) is 0 Å². The molecule has 150 valence electrons. The number of carbonyl (C=O) groups excluding carboxylic acids is 3. The maximum absolute atomic E-state index is 12.3. The summed E-state index contributed by atoms with van der Waals surface area (Å²) in [4.78, 5) is 38.3. The van der Waals surface area contributed by atoms with Gasteiger partial charge in [-0.05, 0) is 59.8 Å². The fourth-order valence-corrected chi connectivity index (χ4v) is 3.14. The van der Waals surface area contributed by atoms with E-state index in [1.165, 1.54) is 0 Å². The SMILES string of the molecule is CCOC(=O)CC1(CC(=O)NC(C)C)CCN(C(=O)OC(C)(C)C)CC1. The average molecular weight is 370 g/mol. The molecule has 1 aliphatic rings. The Morgan fingerprint density at radius 3 is 2.15 bits per heavy atom. The topological polar surface area (TPSA) is 84.9 Å². The minimum absolute atomic E-state index is 0.0454. The molecule has 1 rings (SSSR count). The van der Waals surface area contributed by atoms with Gasteiger partial charge in [-0.15, -0.1) is 0 Å². The number of likely N-dealkylation sites (tertiary alicyclic amines) is 1. The molecule has 1 aliphatic heterocycles. The Morgan fingerprint density at radius 2 is 1.69 bits per heavy atom. The first kappa shape index (κ1) is 22.3. The molecule has 7 heteroatoms. The van der Waals surface area contributed by atoms with Gasteiger partial charge in [0.15, 0.2) is 0 Å². The molecule has 0 aromatic heterocycles. The predicted molar refractivity (Wildman–Crippen MR) is 98.6 cm³/mol. The summed E-state index contributed by atoms with van der Waals surface area (Å²) in [6, 6.07) is 0.0454. The summed E-state index contributed by atoms with van der Waals surface area (Å²) < 4.78 is 10.5. The third kappa shape index (κ3) is 7.62. The summed E-state index contributed by atoms with van der Waals surface area (Å²) in [5, 5.41) is 2.89. The van der Waals surface area contributed by atoms with Crippen LogP contribution in [0.2, 0.25) is 0 Å². The van der Waals surface area contributed by atoms with Crippen molar-refractivity contribution < 1.29 is 23.9 Å². The molecule has 0 atom stereocenters. The third-order valence-corrected chi connectivity index (χ3v) is 4.29. The Bertz CT molecular complexity index is 503. The summed E-state index contributed by atoms with van der Waals surface area (Å²) in [7, 11) is 0. The van der Waals surface area contributed by atoms with E-state index in [0.717, 1.165) is 0 Å². The summed E-state index contributed by atoms with van der Waals surface area (Å²) >= 11 is 0. The molecule has 0 aliphatic carbocycles. The van der Waals surface area contributed by atoms with Crippen molar-refractivity contribution in [1.29, 1.82) is 0 Å². The van der Waals surface area contributed by atoms with E-state index in [1.807, 2.05) is 34.6 Å². The molecule has 0 saturated carbocycles. The van der Waals surface area contributed by atoms with E-state index in [2.05, 4.69) is 5.32 Å². The van der Waals surface area contributed by atoms with Crippen LogP contribution in [0.15, 0.2) is 0 Å². The van der Waals surface area contributed by atoms with Crippen LogP contribution in [0.3, 0.4) is 0 Å². The van der Waals surface area contributed by atoms with E-state index in [1.54, 1.807) is 11.8 Å². The van der Waals surface area contributed by atoms with Gasteiger partial charge in [0.25, 0.3) is 0 Å². The van der Waals surface area contributed by atoms with Gasteiger partial charge in [0.2, 0.25) is 5.91 Å². The summed E-state index contributed by atoms with van der Waals surface area (Å²) in [5.41, 5.74) is -1.03. The molecule has 0 bridgehead atoms. The highest BCUT2D eigenvalue weighted by molar-refractivity contribution is 5.79. The van der Waals surface area contributed by atoms with Gasteiger partial charge >= 0.3 is 12.1 Å². The molecule has 1 fully saturated rings. The molecule has 1 heterocycles. The number of ether oxygens (including phenoxy) is 2. The number of amides is 2. The van der Waals surface area contributed by atoms with E-state index in [0.29, 0.717) is 32.5 Å². The van der Waals surface area contributed by atoms with Gasteiger partial charge in [-0.3, -0.25) is 9.59 Å². The zero-order valence-corrected chi connectivity index (χ0v) is 17.0. The summed E-state index contributed by atoms with van der Waals surface area (Å²) in [6.45, 7) is 12.3. The second-order valence-electron chi connectivity index (χ2n) is 8.35. The van der Waals surface area contributed by atoms with Gasteiger partial charge in [-0.1, -0.05) is 0 Å². The number of nitrogens with zero attached hydrogens (tertiary/aromatic N) is 1. The Labute approximate surface area is 156 Å². The van der Waals surface area contributed by atoms with E-state index in [9.17, 15) is 14.4 Å². The van der Waals surface area contributed by atoms with Crippen LogP contribution in [-0.2, 0) is 19.1 Å². The second kappa shape index (κ2) is 9.24. The standard InChI is InChI=1S/C19H34N2O5/c1-7-25-16(23)13-19(12-15(22)20-14(2)3)8-10-21(11-9-19)17(24)26-18(4,5)6/h14H,7-13H2,1-6H3,(H,20,22). The first-order valence-corrected chi connectivity index (χ1v) is 9.39. The van der Waals surface area contributed by atoms with Crippen LogP contribution in [-0.4, -0.2) is 54.2 Å². The first-order valence-electron chi connectivity index (χ1n) is 9.39. The Morgan fingerprint density at radius 1 is 1.12 bits per heavy atom. The van der Waals surface area contributed by atoms with Gasteiger partial charge in [-0.25, -0.2) is 4.79 Å². The van der Waals surface area contributed by atoms with Gasteiger partial charge < -0.3 is 19.7 Å². The van der Waals surface area contributed by atoms with Gasteiger partial charge in [0, 0.05) is 25.6 Å². The molecule has 0 radical (unpaired) electrons. The highest BCUT2D eigenvalue weighted by atomic mass is 16.6. The Balaban J connectivity index is 2.78. The minimum atomic E-state index is -0.548. The van der Waals surface area contributed by atoms with Gasteiger partial charge in [0.1, 0.15) is 5.60 Å². The van der Waals surface area contributed by atoms with Crippen molar-refractivity contribution in [3.05, 3.63) is 0 Å². The lowest BCUT2D eigenvalue weighted by Crippen LogP contribution is -2.47. The number of esters is 1. The molecule has 0 aromatic rings. The molecule has 0 spiro atoms. The van der Waals surface area contributed by atoms with Crippen LogP contribution in [0.4, 0.5) is 4.79 Å².